The number of rotatable bonds is 5. The summed E-state index contributed by atoms with van der Waals surface area (Å²) in [6.07, 6.45) is 2.93. The van der Waals surface area contributed by atoms with Crippen molar-refractivity contribution in [2.45, 2.75) is 26.7 Å². The van der Waals surface area contributed by atoms with Crippen LogP contribution >= 0.6 is 11.6 Å². The molecule has 5 heteroatoms. The third-order valence-corrected chi connectivity index (χ3v) is 5.41. The van der Waals surface area contributed by atoms with Crippen molar-refractivity contribution >= 4 is 28.8 Å². The van der Waals surface area contributed by atoms with Crippen molar-refractivity contribution in [1.29, 1.82) is 0 Å². The van der Waals surface area contributed by atoms with Crippen molar-refractivity contribution < 1.29 is 4.79 Å². The number of nitrogens with zero attached hydrogens (tertiary/aromatic N) is 2. The molecule has 2 aromatic carbocycles. The van der Waals surface area contributed by atoms with Crippen LogP contribution in [0.3, 0.4) is 0 Å². The maximum atomic E-state index is 12.5. The summed E-state index contributed by atoms with van der Waals surface area (Å²) in [6, 6.07) is 19.8. The van der Waals surface area contributed by atoms with Gasteiger partial charge in [-0.25, -0.2) is 4.98 Å². The van der Waals surface area contributed by atoms with Crippen LogP contribution in [0.15, 0.2) is 66.9 Å². The average Bonchev–Trinajstić information content (AvgIpc) is 3.08. The summed E-state index contributed by atoms with van der Waals surface area (Å²) in [5, 5.41) is 3.58. The van der Waals surface area contributed by atoms with Crippen molar-refractivity contribution in [3.8, 4) is 11.3 Å². The van der Waals surface area contributed by atoms with Crippen LogP contribution in [-0.2, 0) is 11.2 Å². The lowest BCUT2D eigenvalue weighted by atomic mass is 10.1. The smallest absolute Gasteiger partial charge is 0.224 e. The number of hydrogen-bond acceptors (Lipinski definition) is 2. The molecule has 0 spiro atoms. The Balaban J connectivity index is 1.58. The molecule has 0 saturated carbocycles. The van der Waals surface area contributed by atoms with Crippen LogP contribution in [0.2, 0.25) is 5.02 Å². The van der Waals surface area contributed by atoms with Gasteiger partial charge in [-0.2, -0.15) is 0 Å². The number of halogens is 1. The van der Waals surface area contributed by atoms with Crippen molar-refractivity contribution in [2.75, 3.05) is 5.32 Å². The molecule has 0 aliphatic rings. The summed E-state index contributed by atoms with van der Waals surface area (Å²) in [5.41, 5.74) is 6.78. The number of benzene rings is 2. The van der Waals surface area contributed by atoms with E-state index in [0.717, 1.165) is 28.2 Å². The summed E-state index contributed by atoms with van der Waals surface area (Å²) in [4.78, 5) is 17.4. The highest BCUT2D eigenvalue weighted by molar-refractivity contribution is 6.31. The van der Waals surface area contributed by atoms with Gasteiger partial charge in [0, 0.05) is 28.9 Å². The van der Waals surface area contributed by atoms with Crippen LogP contribution < -0.4 is 5.32 Å². The molecule has 1 amide bonds. The molecule has 0 unspecified atom stereocenters. The van der Waals surface area contributed by atoms with E-state index in [9.17, 15) is 4.79 Å². The summed E-state index contributed by atoms with van der Waals surface area (Å²) in [5.74, 6) is -0.0503. The van der Waals surface area contributed by atoms with Crippen LogP contribution in [0, 0.1) is 13.8 Å². The zero-order valence-corrected chi connectivity index (χ0v) is 17.2. The summed E-state index contributed by atoms with van der Waals surface area (Å²) in [7, 11) is 0. The van der Waals surface area contributed by atoms with Gasteiger partial charge in [-0.3, -0.25) is 4.79 Å². The Morgan fingerprint density at radius 3 is 2.62 bits per heavy atom. The fourth-order valence-corrected chi connectivity index (χ4v) is 3.53. The van der Waals surface area contributed by atoms with Crippen molar-refractivity contribution in [1.82, 2.24) is 9.38 Å². The quantitative estimate of drug-likeness (QED) is 0.454. The number of imidazole rings is 1. The molecule has 0 radical (unpaired) electrons. The summed E-state index contributed by atoms with van der Waals surface area (Å²) >= 11 is 6.16. The number of carbonyl (C=O) groups excluding carboxylic acids is 1. The number of pyridine rings is 1. The van der Waals surface area contributed by atoms with E-state index in [0.29, 0.717) is 23.6 Å². The Morgan fingerprint density at radius 2 is 1.86 bits per heavy atom. The number of carbonyl (C=O) groups is 1. The van der Waals surface area contributed by atoms with Gasteiger partial charge in [0.05, 0.1) is 11.4 Å². The van der Waals surface area contributed by atoms with E-state index >= 15 is 0 Å². The molecule has 4 nitrogen and oxygen atoms in total. The van der Waals surface area contributed by atoms with Gasteiger partial charge >= 0.3 is 0 Å². The number of aryl methyl sites for hydroxylation is 3. The molecule has 0 fully saturated rings. The van der Waals surface area contributed by atoms with Crippen LogP contribution in [0.25, 0.3) is 16.9 Å². The molecule has 4 aromatic rings. The Bertz CT molecular complexity index is 1180. The average molecular weight is 404 g/mol. The van der Waals surface area contributed by atoms with Gasteiger partial charge in [0.15, 0.2) is 0 Å². The normalized spacial score (nSPS) is 11.0. The van der Waals surface area contributed by atoms with Crippen molar-refractivity contribution in [3.05, 3.63) is 88.7 Å². The number of anilines is 1. The Morgan fingerprint density at radius 1 is 1.07 bits per heavy atom. The summed E-state index contributed by atoms with van der Waals surface area (Å²) in [6.45, 7) is 4.00. The zero-order chi connectivity index (χ0) is 20.4. The Labute approximate surface area is 175 Å². The monoisotopic (exact) mass is 403 g/mol. The predicted molar refractivity (Wildman–Crippen MR) is 119 cm³/mol. The minimum atomic E-state index is -0.0503. The molecule has 2 aromatic heterocycles. The molecule has 0 aliphatic heterocycles. The topological polar surface area (TPSA) is 46.4 Å². The highest BCUT2D eigenvalue weighted by Crippen LogP contribution is 2.26. The first-order chi connectivity index (χ1) is 14.0. The number of amides is 1. The second-order valence-electron chi connectivity index (χ2n) is 7.21. The molecule has 0 bridgehead atoms. The Hall–Kier alpha value is -3.11. The van der Waals surface area contributed by atoms with Gasteiger partial charge in [0.2, 0.25) is 5.91 Å². The van der Waals surface area contributed by atoms with E-state index in [1.165, 1.54) is 5.56 Å². The first-order valence-corrected chi connectivity index (χ1v) is 9.98. The second kappa shape index (κ2) is 8.10. The lowest BCUT2D eigenvalue weighted by Crippen LogP contribution is -2.13. The van der Waals surface area contributed by atoms with Gasteiger partial charge in [0.1, 0.15) is 5.65 Å². The maximum Gasteiger partial charge on any atom is 0.224 e. The molecule has 1 N–H and O–H groups in total. The third-order valence-electron chi connectivity index (χ3n) is 5.00. The summed E-state index contributed by atoms with van der Waals surface area (Å²) < 4.78 is 2.06. The van der Waals surface area contributed by atoms with Gasteiger partial charge in [-0.1, -0.05) is 53.6 Å². The maximum absolute atomic E-state index is 12.5. The van der Waals surface area contributed by atoms with Crippen LogP contribution in [0.1, 0.15) is 23.2 Å². The molecular weight excluding hydrogens is 382 g/mol. The van der Waals surface area contributed by atoms with Crippen LogP contribution in [0.5, 0.6) is 0 Å². The minimum absolute atomic E-state index is 0.0503. The number of nitrogens with one attached hydrogen (secondary N) is 1. The molecular formula is C24H22ClN3O. The van der Waals surface area contributed by atoms with Gasteiger partial charge in [-0.15, -0.1) is 0 Å². The highest BCUT2D eigenvalue weighted by atomic mass is 35.5. The second-order valence-corrected chi connectivity index (χ2v) is 7.62. The standard InChI is InChI=1S/C24H22ClN3O/c1-16-6-9-18(10-7-16)24-21(28-14-4-3-5-22(28)27-24)12-13-23(29)26-19-11-8-17(2)20(25)15-19/h3-11,14-15H,12-13H2,1-2H3,(H,26,29). The number of fused-ring (bicyclic) bond motifs is 1. The molecule has 0 aliphatic carbocycles. The number of hydrogen-bond donors (Lipinski definition) is 1. The highest BCUT2D eigenvalue weighted by Gasteiger charge is 2.15. The largest absolute Gasteiger partial charge is 0.326 e. The van der Waals surface area contributed by atoms with E-state index in [1.807, 2.05) is 43.5 Å². The lowest BCUT2D eigenvalue weighted by Gasteiger charge is -2.08. The molecule has 29 heavy (non-hydrogen) atoms. The number of aromatic nitrogens is 2. The minimum Gasteiger partial charge on any atom is -0.326 e. The van der Waals surface area contributed by atoms with Crippen LogP contribution in [-0.4, -0.2) is 15.3 Å². The van der Waals surface area contributed by atoms with Gasteiger partial charge in [-0.05, 0) is 50.1 Å². The predicted octanol–water partition coefficient (Wildman–Crippen LogP) is 5.84. The SMILES string of the molecule is Cc1ccc(-c2nc3ccccn3c2CCC(=O)Nc2ccc(C)c(Cl)c2)cc1. The van der Waals surface area contributed by atoms with Crippen molar-refractivity contribution in [3.63, 3.8) is 0 Å². The van der Waals surface area contributed by atoms with E-state index in [2.05, 4.69) is 40.9 Å². The van der Waals surface area contributed by atoms with E-state index in [-0.39, 0.29) is 5.91 Å². The zero-order valence-electron chi connectivity index (χ0n) is 16.4. The molecule has 2 heterocycles. The van der Waals surface area contributed by atoms with Gasteiger partial charge in [0.25, 0.3) is 0 Å². The van der Waals surface area contributed by atoms with Crippen LogP contribution in [0.4, 0.5) is 5.69 Å². The molecule has 0 saturated heterocycles. The van der Waals surface area contributed by atoms with E-state index in [1.54, 1.807) is 6.07 Å². The first-order valence-electron chi connectivity index (χ1n) is 9.60. The fourth-order valence-electron chi connectivity index (χ4n) is 3.35. The van der Waals surface area contributed by atoms with E-state index in [4.69, 9.17) is 16.6 Å². The first kappa shape index (κ1) is 19.2. The van der Waals surface area contributed by atoms with Gasteiger partial charge < -0.3 is 9.72 Å². The molecule has 146 valence electrons. The lowest BCUT2D eigenvalue weighted by molar-refractivity contribution is -0.116. The van der Waals surface area contributed by atoms with Crippen molar-refractivity contribution in [2.24, 2.45) is 0 Å². The van der Waals surface area contributed by atoms with E-state index < -0.39 is 0 Å². The third kappa shape index (κ3) is 4.17. The fraction of sp³-hybridized carbons (Fsp3) is 0.167. The molecule has 0 atom stereocenters. The molecule has 4 rings (SSSR count). The Kier molecular flexibility index (Phi) is 5.36.